The Labute approximate surface area is 115 Å². The van der Waals surface area contributed by atoms with E-state index in [0.29, 0.717) is 24.7 Å². The van der Waals surface area contributed by atoms with Crippen LogP contribution in [0.2, 0.25) is 0 Å². The highest BCUT2D eigenvalue weighted by atomic mass is 16.5. The van der Waals surface area contributed by atoms with Crippen LogP contribution in [0.5, 0.6) is 11.5 Å². The normalized spacial score (nSPS) is 10.4. The average Bonchev–Trinajstić information content (AvgIpc) is 3.17. The van der Waals surface area contributed by atoms with Gasteiger partial charge in [0.05, 0.1) is 12.4 Å². The van der Waals surface area contributed by atoms with Crippen molar-refractivity contribution in [3.63, 3.8) is 0 Å². The Balaban J connectivity index is 1.64. The van der Waals surface area contributed by atoms with E-state index in [2.05, 4.69) is 20.4 Å². The summed E-state index contributed by atoms with van der Waals surface area (Å²) in [5.74, 6) is 1.41. The molecule has 3 aromatic rings. The number of ether oxygens (including phenoxy) is 2. The summed E-state index contributed by atoms with van der Waals surface area (Å²) in [6.07, 6.45) is 7.06. The molecule has 0 radical (unpaired) electrons. The molecule has 102 valence electrons. The van der Waals surface area contributed by atoms with Gasteiger partial charge in [0.15, 0.2) is 11.5 Å². The van der Waals surface area contributed by atoms with Crippen molar-refractivity contribution in [1.29, 1.82) is 0 Å². The molecule has 2 heterocycles. The van der Waals surface area contributed by atoms with Gasteiger partial charge >= 0.3 is 0 Å². The second kappa shape index (κ2) is 5.92. The van der Waals surface area contributed by atoms with Gasteiger partial charge in [-0.3, -0.25) is 10.2 Å². The van der Waals surface area contributed by atoms with Gasteiger partial charge in [-0.2, -0.15) is 10.2 Å². The average molecular weight is 270 g/mol. The first-order valence-electron chi connectivity index (χ1n) is 6.22. The lowest BCUT2D eigenvalue weighted by atomic mass is 10.3. The van der Waals surface area contributed by atoms with Crippen LogP contribution in [0.3, 0.4) is 0 Å². The van der Waals surface area contributed by atoms with Crippen molar-refractivity contribution in [2.24, 2.45) is 0 Å². The maximum atomic E-state index is 5.74. The molecule has 0 aliphatic rings. The predicted octanol–water partition coefficient (Wildman–Crippen LogP) is 2.29. The van der Waals surface area contributed by atoms with Gasteiger partial charge in [-0.1, -0.05) is 12.1 Å². The number of rotatable bonds is 6. The highest BCUT2D eigenvalue weighted by molar-refractivity contribution is 5.39. The Morgan fingerprint density at radius 1 is 0.800 bits per heavy atom. The number of nitrogens with zero attached hydrogens (tertiary/aromatic N) is 2. The fourth-order valence-corrected chi connectivity index (χ4v) is 1.72. The van der Waals surface area contributed by atoms with E-state index in [1.54, 1.807) is 24.8 Å². The van der Waals surface area contributed by atoms with Gasteiger partial charge in [0, 0.05) is 23.5 Å². The lowest BCUT2D eigenvalue weighted by Crippen LogP contribution is -1.99. The number of para-hydroxylation sites is 2. The minimum Gasteiger partial charge on any atom is -0.485 e. The zero-order valence-corrected chi connectivity index (χ0v) is 10.7. The van der Waals surface area contributed by atoms with E-state index in [4.69, 9.17) is 9.47 Å². The summed E-state index contributed by atoms with van der Waals surface area (Å²) in [5, 5.41) is 13.3. The van der Waals surface area contributed by atoms with Crippen LogP contribution in [-0.4, -0.2) is 20.4 Å². The molecule has 0 unspecified atom stereocenters. The summed E-state index contributed by atoms with van der Waals surface area (Å²) in [6.45, 7) is 0.894. The lowest BCUT2D eigenvalue weighted by Gasteiger charge is -2.11. The van der Waals surface area contributed by atoms with Gasteiger partial charge < -0.3 is 9.47 Å². The van der Waals surface area contributed by atoms with Crippen molar-refractivity contribution in [2.45, 2.75) is 13.2 Å². The van der Waals surface area contributed by atoms with Gasteiger partial charge in [0.1, 0.15) is 13.2 Å². The highest BCUT2D eigenvalue weighted by Crippen LogP contribution is 2.27. The predicted molar refractivity (Wildman–Crippen MR) is 72.3 cm³/mol. The third-order valence-corrected chi connectivity index (χ3v) is 2.75. The van der Waals surface area contributed by atoms with E-state index in [-0.39, 0.29) is 0 Å². The molecule has 20 heavy (non-hydrogen) atoms. The van der Waals surface area contributed by atoms with E-state index < -0.39 is 0 Å². The second-order valence-electron chi connectivity index (χ2n) is 4.24. The summed E-state index contributed by atoms with van der Waals surface area (Å²) in [6, 6.07) is 7.58. The first-order chi connectivity index (χ1) is 9.92. The standard InChI is InChI=1S/C14H14N4O2/c1-2-4-14(20-10-12-7-17-18-8-12)13(3-1)19-9-11-5-15-16-6-11/h1-8H,9-10H2,(H,15,16)(H,17,18). The fraction of sp³-hybridized carbons (Fsp3) is 0.143. The van der Waals surface area contributed by atoms with Crippen LogP contribution >= 0.6 is 0 Å². The Hall–Kier alpha value is -2.76. The smallest absolute Gasteiger partial charge is 0.161 e. The number of hydrogen-bond donors (Lipinski definition) is 2. The Morgan fingerprint density at radius 2 is 1.30 bits per heavy atom. The number of benzene rings is 1. The van der Waals surface area contributed by atoms with Gasteiger partial charge in [-0.25, -0.2) is 0 Å². The molecule has 2 N–H and O–H groups in total. The van der Waals surface area contributed by atoms with Gasteiger partial charge in [-0.15, -0.1) is 0 Å². The van der Waals surface area contributed by atoms with Crippen molar-refractivity contribution < 1.29 is 9.47 Å². The molecule has 0 bridgehead atoms. The fourth-order valence-electron chi connectivity index (χ4n) is 1.72. The van der Waals surface area contributed by atoms with Crippen molar-refractivity contribution in [3.8, 4) is 11.5 Å². The molecule has 2 aromatic heterocycles. The van der Waals surface area contributed by atoms with Gasteiger partial charge in [0.2, 0.25) is 0 Å². The minimum atomic E-state index is 0.447. The summed E-state index contributed by atoms with van der Waals surface area (Å²) in [7, 11) is 0. The molecule has 6 nitrogen and oxygen atoms in total. The molecule has 0 saturated carbocycles. The van der Waals surface area contributed by atoms with Crippen LogP contribution in [-0.2, 0) is 13.2 Å². The maximum Gasteiger partial charge on any atom is 0.161 e. The molecule has 0 fully saturated rings. The third kappa shape index (κ3) is 2.97. The van der Waals surface area contributed by atoms with Crippen LogP contribution in [0.15, 0.2) is 49.1 Å². The maximum absolute atomic E-state index is 5.74. The Morgan fingerprint density at radius 3 is 1.70 bits per heavy atom. The van der Waals surface area contributed by atoms with Crippen molar-refractivity contribution in [2.75, 3.05) is 0 Å². The first kappa shape index (κ1) is 12.3. The van der Waals surface area contributed by atoms with Crippen LogP contribution in [0.4, 0.5) is 0 Å². The summed E-state index contributed by atoms with van der Waals surface area (Å²) in [4.78, 5) is 0. The molecule has 0 aliphatic carbocycles. The number of nitrogens with one attached hydrogen (secondary N) is 2. The first-order valence-corrected chi connectivity index (χ1v) is 6.22. The second-order valence-corrected chi connectivity index (χ2v) is 4.24. The molecule has 0 aliphatic heterocycles. The number of hydrogen-bond acceptors (Lipinski definition) is 4. The van der Waals surface area contributed by atoms with E-state index in [9.17, 15) is 0 Å². The molecule has 0 atom stereocenters. The van der Waals surface area contributed by atoms with Crippen LogP contribution < -0.4 is 9.47 Å². The summed E-state index contributed by atoms with van der Waals surface area (Å²) < 4.78 is 11.5. The largest absolute Gasteiger partial charge is 0.485 e. The van der Waals surface area contributed by atoms with Gasteiger partial charge in [-0.05, 0) is 12.1 Å². The quantitative estimate of drug-likeness (QED) is 0.720. The van der Waals surface area contributed by atoms with E-state index in [1.165, 1.54) is 0 Å². The lowest BCUT2D eigenvalue weighted by molar-refractivity contribution is 0.256. The monoisotopic (exact) mass is 270 g/mol. The summed E-state index contributed by atoms with van der Waals surface area (Å²) in [5.41, 5.74) is 1.96. The zero-order chi connectivity index (χ0) is 13.6. The van der Waals surface area contributed by atoms with E-state index in [0.717, 1.165) is 11.1 Å². The van der Waals surface area contributed by atoms with Crippen molar-refractivity contribution >= 4 is 0 Å². The van der Waals surface area contributed by atoms with Crippen LogP contribution in [0, 0.1) is 0 Å². The molecular formula is C14H14N4O2. The van der Waals surface area contributed by atoms with Crippen molar-refractivity contribution in [1.82, 2.24) is 20.4 Å². The van der Waals surface area contributed by atoms with Crippen LogP contribution in [0.1, 0.15) is 11.1 Å². The molecule has 3 rings (SSSR count). The summed E-state index contributed by atoms with van der Waals surface area (Å²) >= 11 is 0. The number of aromatic amines is 2. The van der Waals surface area contributed by atoms with Crippen molar-refractivity contribution in [3.05, 3.63) is 60.2 Å². The number of H-pyrrole nitrogens is 2. The Kier molecular flexibility index (Phi) is 3.64. The molecule has 1 aromatic carbocycles. The molecule has 0 saturated heterocycles. The molecular weight excluding hydrogens is 256 g/mol. The third-order valence-electron chi connectivity index (χ3n) is 2.75. The SMILES string of the molecule is c1ccc(OCc2cn[nH]c2)c(OCc2cn[nH]c2)c1. The van der Waals surface area contributed by atoms with E-state index >= 15 is 0 Å². The number of aromatic nitrogens is 4. The molecule has 6 heteroatoms. The van der Waals surface area contributed by atoms with Gasteiger partial charge in [0.25, 0.3) is 0 Å². The van der Waals surface area contributed by atoms with E-state index in [1.807, 2.05) is 24.3 Å². The minimum absolute atomic E-state index is 0.447. The Bertz CT molecular complexity index is 578. The molecule has 0 spiro atoms. The topological polar surface area (TPSA) is 75.8 Å². The molecule has 0 amide bonds. The zero-order valence-electron chi connectivity index (χ0n) is 10.7. The highest BCUT2D eigenvalue weighted by Gasteiger charge is 2.05. The van der Waals surface area contributed by atoms with Crippen LogP contribution in [0.25, 0.3) is 0 Å².